The minimum Gasteiger partial charge on any atom is -0.463 e. The van der Waals surface area contributed by atoms with Gasteiger partial charge in [0.25, 0.3) is 0 Å². The van der Waals surface area contributed by atoms with Gasteiger partial charge in [0, 0.05) is 10.9 Å². The molecule has 3 heteroatoms. The fourth-order valence-corrected chi connectivity index (χ4v) is 1.88. The maximum absolute atomic E-state index is 11.5. The highest BCUT2D eigenvalue weighted by molar-refractivity contribution is 6.05. The molecule has 1 aromatic carbocycles. The van der Waals surface area contributed by atoms with E-state index in [-0.39, 0.29) is 12.1 Å². The molecule has 0 bridgehead atoms. The number of rotatable bonds is 0. The van der Waals surface area contributed by atoms with Crippen LogP contribution in [0.2, 0.25) is 0 Å². The van der Waals surface area contributed by atoms with Crippen LogP contribution in [0, 0.1) is 0 Å². The van der Waals surface area contributed by atoms with Crippen LogP contribution < -0.4 is 0 Å². The number of benzene rings is 1. The number of hydrogen-bond acceptors (Lipinski definition) is 3. The van der Waals surface area contributed by atoms with Crippen molar-refractivity contribution in [1.82, 2.24) is 0 Å². The average molecular weight is 188 g/mol. The van der Waals surface area contributed by atoms with Gasteiger partial charge in [0.05, 0.1) is 6.26 Å². The van der Waals surface area contributed by atoms with E-state index in [4.69, 9.17) is 9.15 Å². The van der Waals surface area contributed by atoms with Crippen molar-refractivity contribution < 1.29 is 13.9 Å². The Morgan fingerprint density at radius 3 is 3.00 bits per heavy atom. The van der Waals surface area contributed by atoms with Gasteiger partial charge >= 0.3 is 5.97 Å². The Hall–Kier alpha value is -1.77. The lowest BCUT2D eigenvalue weighted by atomic mass is 10.0. The predicted molar refractivity (Wildman–Crippen MR) is 50.0 cm³/mol. The van der Waals surface area contributed by atoms with Crippen molar-refractivity contribution in [2.24, 2.45) is 0 Å². The Morgan fingerprint density at radius 1 is 1.29 bits per heavy atom. The SMILES string of the molecule is C[C@H]1OC(=O)c2c1ccc1ccoc21. The van der Waals surface area contributed by atoms with E-state index in [1.807, 2.05) is 25.1 Å². The summed E-state index contributed by atoms with van der Waals surface area (Å²) in [5.74, 6) is -0.284. The first-order valence-corrected chi connectivity index (χ1v) is 4.48. The smallest absolute Gasteiger partial charge is 0.343 e. The third-order valence-electron chi connectivity index (χ3n) is 2.58. The highest BCUT2D eigenvalue weighted by Crippen LogP contribution is 2.35. The van der Waals surface area contributed by atoms with E-state index in [0.717, 1.165) is 10.9 Å². The first kappa shape index (κ1) is 7.62. The Kier molecular flexibility index (Phi) is 1.29. The number of carbonyl (C=O) groups excluding carboxylic acids is 1. The van der Waals surface area contributed by atoms with Crippen LogP contribution in [0.5, 0.6) is 0 Å². The molecule has 1 aromatic heterocycles. The van der Waals surface area contributed by atoms with Gasteiger partial charge in [0.2, 0.25) is 0 Å². The van der Waals surface area contributed by atoms with Crippen molar-refractivity contribution in [3.8, 4) is 0 Å². The minimum absolute atomic E-state index is 0.160. The molecule has 0 fully saturated rings. The highest BCUT2D eigenvalue weighted by Gasteiger charge is 2.30. The summed E-state index contributed by atoms with van der Waals surface area (Å²) < 4.78 is 10.4. The fraction of sp³-hybridized carbons (Fsp3) is 0.182. The van der Waals surface area contributed by atoms with E-state index < -0.39 is 0 Å². The van der Waals surface area contributed by atoms with Gasteiger partial charge in [0.1, 0.15) is 17.3 Å². The lowest BCUT2D eigenvalue weighted by Crippen LogP contribution is -1.94. The van der Waals surface area contributed by atoms with E-state index in [0.29, 0.717) is 11.1 Å². The quantitative estimate of drug-likeness (QED) is 0.596. The second-order valence-electron chi connectivity index (χ2n) is 3.42. The molecule has 14 heavy (non-hydrogen) atoms. The predicted octanol–water partition coefficient (Wildman–Crippen LogP) is 2.66. The Labute approximate surface area is 80.3 Å². The zero-order chi connectivity index (χ0) is 9.71. The first-order chi connectivity index (χ1) is 6.77. The van der Waals surface area contributed by atoms with E-state index in [1.165, 1.54) is 0 Å². The Balaban J connectivity index is 2.45. The van der Waals surface area contributed by atoms with Crippen LogP contribution in [-0.4, -0.2) is 5.97 Å². The maximum atomic E-state index is 11.5. The van der Waals surface area contributed by atoms with Crippen LogP contribution in [0.1, 0.15) is 28.9 Å². The van der Waals surface area contributed by atoms with Crippen molar-refractivity contribution in [3.05, 3.63) is 35.6 Å². The van der Waals surface area contributed by atoms with Gasteiger partial charge in [-0.25, -0.2) is 4.79 Å². The van der Waals surface area contributed by atoms with Gasteiger partial charge < -0.3 is 9.15 Å². The molecule has 3 nitrogen and oxygen atoms in total. The summed E-state index contributed by atoms with van der Waals surface area (Å²) in [6.45, 7) is 1.86. The maximum Gasteiger partial charge on any atom is 0.343 e. The van der Waals surface area contributed by atoms with Gasteiger partial charge in [-0.05, 0) is 13.0 Å². The molecule has 0 N–H and O–H groups in total. The van der Waals surface area contributed by atoms with Crippen LogP contribution in [0.25, 0.3) is 11.0 Å². The second-order valence-corrected chi connectivity index (χ2v) is 3.42. The average Bonchev–Trinajstić information content (AvgIpc) is 2.71. The third kappa shape index (κ3) is 0.789. The van der Waals surface area contributed by atoms with Gasteiger partial charge in [-0.1, -0.05) is 12.1 Å². The molecule has 0 amide bonds. The van der Waals surface area contributed by atoms with Crippen molar-refractivity contribution in [2.75, 3.05) is 0 Å². The summed E-state index contributed by atoms with van der Waals surface area (Å²) in [4.78, 5) is 11.5. The molecule has 70 valence electrons. The topological polar surface area (TPSA) is 39.4 Å². The number of hydrogen-bond donors (Lipinski definition) is 0. The van der Waals surface area contributed by atoms with E-state index in [2.05, 4.69) is 0 Å². The number of furan rings is 1. The molecule has 0 radical (unpaired) electrons. The van der Waals surface area contributed by atoms with Crippen LogP contribution in [0.3, 0.4) is 0 Å². The molecule has 0 aliphatic carbocycles. The number of ether oxygens (including phenoxy) is 1. The molecule has 0 saturated heterocycles. The van der Waals surface area contributed by atoms with Crippen LogP contribution >= 0.6 is 0 Å². The summed E-state index contributed by atoms with van der Waals surface area (Å²) in [7, 11) is 0. The van der Waals surface area contributed by atoms with Crippen LogP contribution in [-0.2, 0) is 4.74 Å². The van der Waals surface area contributed by atoms with Gasteiger partial charge in [-0.2, -0.15) is 0 Å². The molecule has 0 spiro atoms. The summed E-state index contributed by atoms with van der Waals surface area (Å²) in [6, 6.07) is 5.70. The lowest BCUT2D eigenvalue weighted by Gasteiger charge is -2.00. The summed E-state index contributed by atoms with van der Waals surface area (Å²) in [5.41, 5.74) is 2.13. The monoisotopic (exact) mass is 188 g/mol. The molecule has 0 unspecified atom stereocenters. The molecular weight excluding hydrogens is 180 g/mol. The Morgan fingerprint density at radius 2 is 2.14 bits per heavy atom. The van der Waals surface area contributed by atoms with Gasteiger partial charge in [0.15, 0.2) is 0 Å². The first-order valence-electron chi connectivity index (χ1n) is 4.48. The van der Waals surface area contributed by atoms with Crippen molar-refractivity contribution in [2.45, 2.75) is 13.0 Å². The summed E-state index contributed by atoms with van der Waals surface area (Å²) >= 11 is 0. The summed E-state index contributed by atoms with van der Waals surface area (Å²) in [6.07, 6.45) is 1.42. The van der Waals surface area contributed by atoms with Gasteiger partial charge in [-0.3, -0.25) is 0 Å². The third-order valence-corrected chi connectivity index (χ3v) is 2.58. The molecule has 1 aliphatic rings. The number of cyclic esters (lactones) is 1. The zero-order valence-electron chi connectivity index (χ0n) is 7.61. The standard InChI is InChI=1S/C11H8O3/c1-6-8-3-2-7-4-5-13-10(7)9(8)11(12)14-6/h2-6H,1H3/t6-/m1/s1. The molecular formula is C11H8O3. The largest absolute Gasteiger partial charge is 0.463 e. The van der Waals surface area contributed by atoms with Crippen molar-refractivity contribution in [1.29, 1.82) is 0 Å². The molecule has 2 aromatic rings. The molecule has 0 saturated carbocycles. The van der Waals surface area contributed by atoms with E-state index in [9.17, 15) is 4.79 Å². The van der Waals surface area contributed by atoms with E-state index >= 15 is 0 Å². The number of esters is 1. The number of carbonyl (C=O) groups is 1. The molecule has 1 aliphatic heterocycles. The molecule has 3 rings (SSSR count). The minimum atomic E-state index is -0.284. The number of fused-ring (bicyclic) bond motifs is 3. The summed E-state index contributed by atoms with van der Waals surface area (Å²) in [5, 5.41) is 0.940. The lowest BCUT2D eigenvalue weighted by molar-refractivity contribution is 0.0422. The van der Waals surface area contributed by atoms with Crippen LogP contribution in [0.15, 0.2) is 28.9 Å². The van der Waals surface area contributed by atoms with Gasteiger partial charge in [-0.15, -0.1) is 0 Å². The fourth-order valence-electron chi connectivity index (χ4n) is 1.88. The highest BCUT2D eigenvalue weighted by atomic mass is 16.5. The van der Waals surface area contributed by atoms with Crippen molar-refractivity contribution >= 4 is 16.9 Å². The molecule has 1 atom stereocenters. The Bertz CT molecular complexity index is 524. The van der Waals surface area contributed by atoms with E-state index in [1.54, 1.807) is 6.26 Å². The molecule has 2 heterocycles. The van der Waals surface area contributed by atoms with Crippen LogP contribution in [0.4, 0.5) is 0 Å². The van der Waals surface area contributed by atoms with Crippen molar-refractivity contribution in [3.63, 3.8) is 0 Å². The second kappa shape index (κ2) is 2.38. The normalized spacial score (nSPS) is 19.8. The zero-order valence-corrected chi connectivity index (χ0v) is 7.61.